The number of hydrogen-bond donors (Lipinski definition) is 3. The molecule has 142 valence electrons. The summed E-state index contributed by atoms with van der Waals surface area (Å²) in [4.78, 5) is 14.8. The third-order valence-electron chi connectivity index (χ3n) is 4.79. The molecule has 27 heavy (non-hydrogen) atoms. The molecule has 1 aliphatic heterocycles. The summed E-state index contributed by atoms with van der Waals surface area (Å²) in [6.45, 7) is 4.96. The van der Waals surface area contributed by atoms with Crippen molar-refractivity contribution in [1.82, 2.24) is 0 Å². The van der Waals surface area contributed by atoms with Crippen LogP contribution in [0.1, 0.15) is 5.56 Å². The van der Waals surface area contributed by atoms with Crippen LogP contribution in [-0.4, -0.2) is 45.2 Å². The Morgan fingerprint density at radius 2 is 1.70 bits per heavy atom. The van der Waals surface area contributed by atoms with E-state index in [1.807, 2.05) is 18.2 Å². The summed E-state index contributed by atoms with van der Waals surface area (Å²) in [6, 6.07) is 13.3. The molecule has 0 saturated carbocycles. The van der Waals surface area contributed by atoms with Crippen LogP contribution in [0.5, 0.6) is 0 Å². The van der Waals surface area contributed by atoms with Gasteiger partial charge in [0.05, 0.1) is 12.2 Å². The second kappa shape index (κ2) is 9.39. The molecule has 1 saturated heterocycles. The lowest BCUT2D eigenvalue weighted by Gasteiger charge is -2.28. The van der Waals surface area contributed by atoms with E-state index in [1.54, 1.807) is 0 Å². The van der Waals surface area contributed by atoms with E-state index in [-0.39, 0.29) is 18.1 Å². The number of rotatable bonds is 6. The van der Waals surface area contributed by atoms with Crippen LogP contribution in [0.3, 0.4) is 0 Å². The van der Waals surface area contributed by atoms with Gasteiger partial charge in [-0.05, 0) is 23.8 Å². The minimum Gasteiger partial charge on any atom is -0.322 e. The minimum absolute atomic E-state index is 0.102. The first kappa shape index (κ1) is 19.2. The van der Waals surface area contributed by atoms with Crippen molar-refractivity contribution in [2.24, 2.45) is 0 Å². The van der Waals surface area contributed by atoms with Crippen molar-refractivity contribution in [3.63, 3.8) is 0 Å². The van der Waals surface area contributed by atoms with Gasteiger partial charge in [0.1, 0.15) is 37.8 Å². The summed E-state index contributed by atoms with van der Waals surface area (Å²) in [7, 11) is 0. The number of piperazine rings is 1. The number of carbonyl (C=O) groups excluding carboxylic acids is 1. The number of benzene rings is 2. The van der Waals surface area contributed by atoms with Crippen molar-refractivity contribution in [2.45, 2.75) is 0 Å². The van der Waals surface area contributed by atoms with Gasteiger partial charge in [-0.15, -0.1) is 0 Å². The van der Waals surface area contributed by atoms with E-state index in [0.29, 0.717) is 0 Å². The van der Waals surface area contributed by atoms with Gasteiger partial charge in [0.25, 0.3) is 5.91 Å². The zero-order valence-corrected chi connectivity index (χ0v) is 15.2. The van der Waals surface area contributed by atoms with Gasteiger partial charge in [-0.25, -0.2) is 8.78 Å². The monoisotopic (exact) mass is 373 g/mol. The smallest absolute Gasteiger partial charge is 0.279 e. The lowest BCUT2D eigenvalue weighted by atomic mass is 10.2. The Hall–Kier alpha value is -2.57. The van der Waals surface area contributed by atoms with Crippen LogP contribution in [0, 0.1) is 11.6 Å². The van der Waals surface area contributed by atoms with E-state index < -0.39 is 11.6 Å². The first-order valence-corrected chi connectivity index (χ1v) is 9.24. The highest BCUT2D eigenvalue weighted by molar-refractivity contribution is 5.91. The molecule has 0 spiro atoms. The molecule has 1 amide bonds. The molecule has 0 aliphatic carbocycles. The normalized spacial score (nSPS) is 19.9. The molecule has 6 heteroatoms. The number of amides is 1. The molecule has 3 N–H and O–H groups in total. The molecule has 2 aromatic carbocycles. The van der Waals surface area contributed by atoms with Gasteiger partial charge in [-0.3, -0.25) is 4.79 Å². The highest BCUT2D eigenvalue weighted by atomic mass is 19.1. The molecule has 1 heterocycles. The predicted molar refractivity (Wildman–Crippen MR) is 102 cm³/mol. The van der Waals surface area contributed by atoms with Gasteiger partial charge < -0.3 is 15.1 Å². The maximum absolute atomic E-state index is 13.6. The van der Waals surface area contributed by atoms with Crippen LogP contribution < -0.4 is 15.1 Å². The lowest BCUT2D eigenvalue weighted by Crippen LogP contribution is -3.28. The summed E-state index contributed by atoms with van der Waals surface area (Å²) in [5.41, 5.74) is 1.09. The average Bonchev–Trinajstić information content (AvgIpc) is 2.67. The van der Waals surface area contributed by atoms with Crippen molar-refractivity contribution in [2.75, 3.05) is 44.6 Å². The van der Waals surface area contributed by atoms with Gasteiger partial charge in [0.2, 0.25) is 0 Å². The first-order valence-electron chi connectivity index (χ1n) is 9.24. The molecule has 0 bridgehead atoms. The van der Waals surface area contributed by atoms with Gasteiger partial charge >= 0.3 is 0 Å². The zero-order valence-electron chi connectivity index (χ0n) is 15.2. The molecule has 1 fully saturated rings. The Morgan fingerprint density at radius 1 is 1.00 bits per heavy atom. The molecule has 3 rings (SSSR count). The van der Waals surface area contributed by atoms with Crippen LogP contribution >= 0.6 is 0 Å². The van der Waals surface area contributed by atoms with E-state index in [0.717, 1.165) is 50.9 Å². The van der Waals surface area contributed by atoms with Gasteiger partial charge in [-0.2, -0.15) is 0 Å². The van der Waals surface area contributed by atoms with Crippen LogP contribution in [0.2, 0.25) is 0 Å². The summed E-state index contributed by atoms with van der Waals surface area (Å²) >= 11 is 0. The molecule has 1 aliphatic rings. The Kier molecular flexibility index (Phi) is 6.68. The average molecular weight is 373 g/mol. The lowest BCUT2D eigenvalue weighted by molar-refractivity contribution is -1.01. The topological polar surface area (TPSA) is 38.0 Å². The van der Waals surface area contributed by atoms with E-state index in [2.05, 4.69) is 29.6 Å². The SMILES string of the molecule is O=C(C[NH+]1CC[NH+](C/C=C/c2ccccc2)CC1)Nc1cc(F)ccc1F. The molecule has 0 atom stereocenters. The molecule has 0 radical (unpaired) electrons. The van der Waals surface area contributed by atoms with Gasteiger partial charge in [0, 0.05) is 6.07 Å². The van der Waals surface area contributed by atoms with E-state index >= 15 is 0 Å². The largest absolute Gasteiger partial charge is 0.322 e. The second-order valence-corrected chi connectivity index (χ2v) is 6.87. The Bertz CT molecular complexity index is 787. The summed E-state index contributed by atoms with van der Waals surface area (Å²) < 4.78 is 26.8. The van der Waals surface area contributed by atoms with Gasteiger partial charge in [0.15, 0.2) is 6.54 Å². The molecule has 4 nitrogen and oxygen atoms in total. The quantitative estimate of drug-likeness (QED) is 0.674. The van der Waals surface area contributed by atoms with Crippen LogP contribution in [0.25, 0.3) is 6.08 Å². The molecule has 0 aromatic heterocycles. The molecular formula is C21H25F2N3O+2. The Morgan fingerprint density at radius 3 is 2.44 bits per heavy atom. The number of nitrogens with one attached hydrogen (secondary N) is 3. The fourth-order valence-electron chi connectivity index (χ4n) is 3.28. The summed E-state index contributed by atoms with van der Waals surface area (Å²) in [6.07, 6.45) is 4.32. The first-order chi connectivity index (χ1) is 13.1. The van der Waals surface area contributed by atoms with E-state index in [9.17, 15) is 13.6 Å². The molecular weight excluding hydrogens is 348 g/mol. The predicted octanol–water partition coefficient (Wildman–Crippen LogP) is 0.400. The number of hydrogen-bond acceptors (Lipinski definition) is 1. The second-order valence-electron chi connectivity index (χ2n) is 6.87. The fraction of sp³-hybridized carbons (Fsp3) is 0.286. The maximum Gasteiger partial charge on any atom is 0.279 e. The van der Waals surface area contributed by atoms with Crippen molar-refractivity contribution in [1.29, 1.82) is 0 Å². The fourth-order valence-corrected chi connectivity index (χ4v) is 3.28. The van der Waals surface area contributed by atoms with Crippen LogP contribution in [-0.2, 0) is 4.79 Å². The highest BCUT2D eigenvalue weighted by Gasteiger charge is 2.24. The number of quaternary nitrogens is 2. The highest BCUT2D eigenvalue weighted by Crippen LogP contribution is 2.14. The molecule has 2 aromatic rings. The third-order valence-corrected chi connectivity index (χ3v) is 4.79. The maximum atomic E-state index is 13.6. The molecule has 0 unspecified atom stereocenters. The standard InChI is InChI=1S/C21H23F2N3O/c22-18-8-9-19(23)20(15-18)24-21(27)16-26-13-11-25(12-14-26)10-4-7-17-5-2-1-3-6-17/h1-9,15H,10-14,16H2,(H,24,27)/p+2/b7-4+. The summed E-state index contributed by atoms with van der Waals surface area (Å²) in [5.74, 6) is -1.49. The number of anilines is 1. The number of halogens is 2. The van der Waals surface area contributed by atoms with Crippen molar-refractivity contribution < 1.29 is 23.4 Å². The van der Waals surface area contributed by atoms with Crippen LogP contribution in [0.4, 0.5) is 14.5 Å². The third kappa shape index (κ3) is 5.98. The van der Waals surface area contributed by atoms with Gasteiger partial charge in [-0.1, -0.05) is 36.4 Å². The Balaban J connectivity index is 1.40. The van der Waals surface area contributed by atoms with Crippen LogP contribution in [0.15, 0.2) is 54.6 Å². The summed E-state index contributed by atoms with van der Waals surface area (Å²) in [5, 5.41) is 2.47. The van der Waals surface area contributed by atoms with Crippen molar-refractivity contribution >= 4 is 17.7 Å². The van der Waals surface area contributed by atoms with E-state index in [1.165, 1.54) is 15.4 Å². The number of carbonyl (C=O) groups is 1. The van der Waals surface area contributed by atoms with E-state index in [4.69, 9.17) is 0 Å². The Labute approximate surface area is 158 Å². The van der Waals surface area contributed by atoms with Crippen molar-refractivity contribution in [3.05, 3.63) is 71.8 Å². The minimum atomic E-state index is -0.626. The zero-order chi connectivity index (χ0) is 19.1. The van der Waals surface area contributed by atoms with Crippen molar-refractivity contribution in [3.8, 4) is 0 Å².